The molecule has 0 saturated carbocycles. The summed E-state index contributed by atoms with van der Waals surface area (Å²) in [5.41, 5.74) is 0.533. The summed E-state index contributed by atoms with van der Waals surface area (Å²) in [4.78, 5) is 26.0. The number of aromatic nitrogens is 2. The summed E-state index contributed by atoms with van der Waals surface area (Å²) in [5.74, 6) is 0.354. The maximum Gasteiger partial charge on any atom is 0.269 e. The normalized spacial score (nSPS) is 25.8. The number of ether oxygens (including phenoxy) is 2. The third-order valence-corrected chi connectivity index (χ3v) is 4.80. The fourth-order valence-corrected chi connectivity index (χ4v) is 3.40. The Morgan fingerprint density at radius 3 is 3.00 bits per heavy atom. The lowest BCUT2D eigenvalue weighted by atomic mass is 9.93. The first-order chi connectivity index (χ1) is 11.6. The van der Waals surface area contributed by atoms with E-state index in [2.05, 4.69) is 10.4 Å². The summed E-state index contributed by atoms with van der Waals surface area (Å²) in [6.45, 7) is 4.97. The lowest BCUT2D eigenvalue weighted by molar-refractivity contribution is -0.135. The second kappa shape index (κ2) is 7.31. The smallest absolute Gasteiger partial charge is 0.269 e. The molecule has 0 radical (unpaired) electrons. The molecule has 3 atom stereocenters. The average Bonchev–Trinajstić information content (AvgIpc) is 3.26. The van der Waals surface area contributed by atoms with E-state index in [4.69, 9.17) is 9.47 Å². The third kappa shape index (κ3) is 3.44. The Hall–Kier alpha value is -1.93. The molecule has 1 N–H and O–H groups in total. The molecule has 0 aromatic carbocycles. The molecule has 3 heterocycles. The maximum absolute atomic E-state index is 12.2. The molecule has 2 fully saturated rings. The largest absolute Gasteiger partial charge is 0.376 e. The number of hydrogen-bond acceptors (Lipinski definition) is 5. The zero-order valence-corrected chi connectivity index (χ0v) is 14.1. The van der Waals surface area contributed by atoms with E-state index in [1.165, 1.54) is 0 Å². The van der Waals surface area contributed by atoms with Gasteiger partial charge in [-0.1, -0.05) is 0 Å². The highest BCUT2D eigenvalue weighted by Gasteiger charge is 2.45. The molecule has 3 rings (SSSR count). The van der Waals surface area contributed by atoms with Gasteiger partial charge in [-0.25, -0.2) is 0 Å². The van der Waals surface area contributed by atoms with E-state index >= 15 is 0 Å². The summed E-state index contributed by atoms with van der Waals surface area (Å²) in [6, 6.07) is 1.69. The molecule has 0 spiro atoms. The molecular weight excluding hydrogens is 312 g/mol. The Kier molecular flexibility index (Phi) is 5.15. The summed E-state index contributed by atoms with van der Waals surface area (Å²) in [6.07, 6.45) is 1.66. The van der Waals surface area contributed by atoms with Gasteiger partial charge in [0.15, 0.2) is 0 Å². The van der Waals surface area contributed by atoms with Crippen LogP contribution in [0.3, 0.4) is 0 Å². The van der Waals surface area contributed by atoms with E-state index in [9.17, 15) is 9.59 Å². The molecule has 2 amide bonds. The van der Waals surface area contributed by atoms with Gasteiger partial charge in [-0.3, -0.25) is 14.3 Å². The van der Waals surface area contributed by atoms with Crippen LogP contribution in [0.2, 0.25) is 0 Å². The number of fused-ring (bicyclic) bond motifs is 1. The van der Waals surface area contributed by atoms with Crippen molar-refractivity contribution in [3.63, 3.8) is 0 Å². The fourth-order valence-electron chi connectivity index (χ4n) is 3.40. The number of nitrogens with one attached hydrogen (secondary N) is 1. The van der Waals surface area contributed by atoms with E-state index in [1.807, 2.05) is 6.92 Å². The predicted octanol–water partition coefficient (Wildman–Crippen LogP) is -0.340. The van der Waals surface area contributed by atoms with Crippen LogP contribution in [0.1, 0.15) is 17.4 Å². The lowest BCUT2D eigenvalue weighted by Gasteiger charge is -2.20. The zero-order valence-electron chi connectivity index (χ0n) is 14.1. The number of aryl methyl sites for hydroxylation is 1. The van der Waals surface area contributed by atoms with Gasteiger partial charge in [0.2, 0.25) is 5.91 Å². The second-order valence-electron chi connectivity index (χ2n) is 6.28. The molecule has 132 valence electrons. The summed E-state index contributed by atoms with van der Waals surface area (Å²) >= 11 is 0. The second-order valence-corrected chi connectivity index (χ2v) is 6.28. The third-order valence-electron chi connectivity index (χ3n) is 4.80. The van der Waals surface area contributed by atoms with Crippen molar-refractivity contribution in [3.8, 4) is 0 Å². The number of hydrogen-bond donors (Lipinski definition) is 1. The first-order valence-corrected chi connectivity index (χ1v) is 8.33. The van der Waals surface area contributed by atoms with Gasteiger partial charge in [-0.15, -0.1) is 0 Å². The molecule has 0 bridgehead atoms. The Morgan fingerprint density at radius 2 is 2.29 bits per heavy atom. The van der Waals surface area contributed by atoms with Crippen molar-refractivity contribution >= 4 is 11.8 Å². The molecule has 8 nitrogen and oxygen atoms in total. The highest BCUT2D eigenvalue weighted by molar-refractivity contribution is 5.92. The van der Waals surface area contributed by atoms with Crippen molar-refractivity contribution in [2.45, 2.75) is 13.0 Å². The van der Waals surface area contributed by atoms with E-state index in [-0.39, 0.29) is 36.4 Å². The van der Waals surface area contributed by atoms with Crippen LogP contribution < -0.4 is 5.32 Å². The van der Waals surface area contributed by atoms with Crippen molar-refractivity contribution in [1.29, 1.82) is 0 Å². The van der Waals surface area contributed by atoms with Crippen molar-refractivity contribution in [1.82, 2.24) is 20.0 Å². The topological polar surface area (TPSA) is 85.7 Å². The van der Waals surface area contributed by atoms with E-state index < -0.39 is 0 Å². The van der Waals surface area contributed by atoms with E-state index in [0.29, 0.717) is 38.5 Å². The molecule has 24 heavy (non-hydrogen) atoms. The van der Waals surface area contributed by atoms with Crippen LogP contribution in [0.5, 0.6) is 0 Å². The van der Waals surface area contributed by atoms with Crippen LogP contribution in [-0.4, -0.2) is 72.1 Å². The molecule has 2 saturated heterocycles. The van der Waals surface area contributed by atoms with Gasteiger partial charge in [-0.05, 0) is 13.0 Å². The Morgan fingerprint density at radius 1 is 1.46 bits per heavy atom. The van der Waals surface area contributed by atoms with Gasteiger partial charge in [0.1, 0.15) is 12.3 Å². The van der Waals surface area contributed by atoms with Gasteiger partial charge >= 0.3 is 0 Å². The maximum atomic E-state index is 12.2. The summed E-state index contributed by atoms with van der Waals surface area (Å²) in [5, 5.41) is 6.95. The van der Waals surface area contributed by atoms with Crippen LogP contribution in [0.15, 0.2) is 12.3 Å². The number of likely N-dealkylation sites (tertiary alicyclic amines) is 1. The number of rotatable bonds is 6. The standard InChI is InChI=1S/C16H24N4O4/c1-3-23-10-15(21)20-7-12-11(9-24-14(12)8-20)6-17-16(22)13-4-5-18-19(13)2/h4-5,11-12,14H,3,6-10H2,1-2H3,(H,17,22)/t11-,12+,14+/m0/s1. The highest BCUT2D eigenvalue weighted by Crippen LogP contribution is 2.33. The number of carbonyl (C=O) groups is 2. The first kappa shape index (κ1) is 16.9. The molecule has 2 aliphatic rings. The number of nitrogens with zero attached hydrogens (tertiary/aromatic N) is 3. The number of amides is 2. The van der Waals surface area contributed by atoms with Crippen LogP contribution in [0.25, 0.3) is 0 Å². The molecular formula is C16H24N4O4. The Balaban J connectivity index is 1.51. The van der Waals surface area contributed by atoms with Crippen molar-refractivity contribution in [2.75, 3.05) is 39.5 Å². The van der Waals surface area contributed by atoms with Crippen LogP contribution in [-0.2, 0) is 21.3 Å². The van der Waals surface area contributed by atoms with Gasteiger partial charge in [0.05, 0.1) is 12.7 Å². The van der Waals surface area contributed by atoms with Gasteiger partial charge < -0.3 is 19.7 Å². The van der Waals surface area contributed by atoms with Crippen molar-refractivity contribution in [2.24, 2.45) is 18.9 Å². The lowest BCUT2D eigenvalue weighted by Crippen LogP contribution is -2.37. The van der Waals surface area contributed by atoms with Crippen LogP contribution in [0.4, 0.5) is 0 Å². The summed E-state index contributed by atoms with van der Waals surface area (Å²) in [7, 11) is 1.74. The highest BCUT2D eigenvalue weighted by atomic mass is 16.5. The SMILES string of the molecule is CCOCC(=O)N1C[C@@H]2[C@@H](CNC(=O)c3ccnn3C)CO[C@@H]2C1. The van der Waals surface area contributed by atoms with Crippen LogP contribution >= 0.6 is 0 Å². The molecule has 0 aliphatic carbocycles. The average molecular weight is 336 g/mol. The Labute approximate surface area is 141 Å². The Bertz CT molecular complexity index is 603. The minimum atomic E-state index is -0.138. The fraction of sp³-hybridized carbons (Fsp3) is 0.688. The van der Waals surface area contributed by atoms with Crippen molar-refractivity contribution in [3.05, 3.63) is 18.0 Å². The summed E-state index contributed by atoms with van der Waals surface area (Å²) < 4.78 is 12.6. The van der Waals surface area contributed by atoms with Crippen LogP contribution in [0, 0.1) is 11.8 Å². The minimum Gasteiger partial charge on any atom is -0.376 e. The molecule has 0 unspecified atom stereocenters. The van der Waals surface area contributed by atoms with Crippen molar-refractivity contribution < 1.29 is 19.1 Å². The predicted molar refractivity (Wildman–Crippen MR) is 85.3 cm³/mol. The number of carbonyl (C=O) groups excluding carboxylic acids is 2. The minimum absolute atomic E-state index is 0.00696. The molecule has 1 aromatic heterocycles. The monoisotopic (exact) mass is 336 g/mol. The van der Waals surface area contributed by atoms with Gasteiger partial charge in [0.25, 0.3) is 5.91 Å². The van der Waals surface area contributed by atoms with Gasteiger partial charge in [0, 0.05) is 51.3 Å². The zero-order chi connectivity index (χ0) is 17.1. The van der Waals surface area contributed by atoms with E-state index in [0.717, 1.165) is 0 Å². The molecule has 2 aliphatic heterocycles. The first-order valence-electron chi connectivity index (χ1n) is 8.33. The van der Waals surface area contributed by atoms with E-state index in [1.54, 1.807) is 28.9 Å². The molecule has 1 aromatic rings. The quantitative estimate of drug-likeness (QED) is 0.768. The molecule has 8 heteroatoms. The van der Waals surface area contributed by atoms with Gasteiger partial charge in [-0.2, -0.15) is 5.10 Å².